The average molecular weight is 438 g/mol. The summed E-state index contributed by atoms with van der Waals surface area (Å²) in [5.41, 5.74) is 0.264. The number of furan rings is 1. The van der Waals surface area contributed by atoms with E-state index in [1.165, 1.54) is 24.4 Å². The molecule has 5 aliphatic rings. The van der Waals surface area contributed by atoms with Crippen LogP contribution in [0.15, 0.2) is 52.0 Å². The van der Waals surface area contributed by atoms with E-state index in [1.807, 2.05) is 0 Å². The number of hydrogen-bond donors (Lipinski definition) is 0. The summed E-state index contributed by atoms with van der Waals surface area (Å²) in [6, 6.07) is 7.28. The van der Waals surface area contributed by atoms with Crippen LogP contribution in [0.5, 0.6) is 0 Å². The highest BCUT2D eigenvalue weighted by Crippen LogP contribution is 2.65. The van der Waals surface area contributed by atoms with Gasteiger partial charge >= 0.3 is 0 Å². The summed E-state index contributed by atoms with van der Waals surface area (Å²) in [6.45, 7) is 0. The van der Waals surface area contributed by atoms with Gasteiger partial charge in [-0.1, -0.05) is 23.8 Å². The van der Waals surface area contributed by atoms with Gasteiger partial charge in [0.05, 0.1) is 28.0 Å². The van der Waals surface area contributed by atoms with Crippen LogP contribution in [0.3, 0.4) is 0 Å². The smallest absolute Gasteiger partial charge is 0.270 e. The van der Waals surface area contributed by atoms with Crippen molar-refractivity contribution < 1.29 is 18.9 Å². The number of carbonyl (C=O) groups excluding carboxylic acids is 2. The van der Waals surface area contributed by atoms with Crippen LogP contribution >= 0.6 is 11.6 Å². The Bertz CT molecular complexity index is 1180. The lowest BCUT2D eigenvalue weighted by Crippen LogP contribution is -2.40. The zero-order chi connectivity index (χ0) is 21.4. The Kier molecular flexibility index (Phi) is 3.80. The highest BCUT2D eigenvalue weighted by Gasteiger charge is 2.67. The number of halogens is 1. The molecule has 1 saturated heterocycles. The van der Waals surface area contributed by atoms with Gasteiger partial charge < -0.3 is 4.42 Å². The number of allylic oxidation sites excluding steroid dienone is 2. The summed E-state index contributed by atoms with van der Waals surface area (Å²) in [7, 11) is 0. The molecule has 9 heteroatoms. The summed E-state index contributed by atoms with van der Waals surface area (Å²) in [5, 5.41) is 16.5. The summed E-state index contributed by atoms with van der Waals surface area (Å²) in [4.78, 5) is 36.4. The lowest BCUT2D eigenvalue weighted by Gasteiger charge is -2.37. The first-order valence-corrected chi connectivity index (χ1v) is 10.5. The van der Waals surface area contributed by atoms with Crippen molar-refractivity contribution in [1.82, 2.24) is 5.01 Å². The van der Waals surface area contributed by atoms with Crippen LogP contribution in [0, 0.1) is 45.6 Å². The van der Waals surface area contributed by atoms with Crippen molar-refractivity contribution in [3.63, 3.8) is 0 Å². The molecule has 2 saturated carbocycles. The molecule has 1 aromatic heterocycles. The molecule has 4 aliphatic carbocycles. The molecular weight excluding hydrogens is 422 g/mol. The Hall–Kier alpha value is -3.26. The number of hydrogen-bond acceptors (Lipinski definition) is 6. The molecule has 2 bridgehead atoms. The van der Waals surface area contributed by atoms with Crippen LogP contribution in [0.1, 0.15) is 12.2 Å². The third-order valence-corrected chi connectivity index (χ3v) is 7.32. The number of nitro benzene ring substituents is 1. The van der Waals surface area contributed by atoms with Gasteiger partial charge in [-0.25, -0.2) is 0 Å². The van der Waals surface area contributed by atoms with Crippen LogP contribution in [-0.4, -0.2) is 28.0 Å². The molecule has 0 N–H and O–H groups in total. The van der Waals surface area contributed by atoms with E-state index in [9.17, 15) is 19.7 Å². The van der Waals surface area contributed by atoms with Crippen molar-refractivity contribution in [2.45, 2.75) is 6.42 Å². The highest BCUT2D eigenvalue weighted by molar-refractivity contribution is 6.33. The minimum Gasteiger partial charge on any atom is -0.455 e. The molecule has 156 valence electrons. The molecule has 8 nitrogen and oxygen atoms in total. The maximum atomic E-state index is 12.9. The number of rotatable bonds is 4. The van der Waals surface area contributed by atoms with E-state index in [-0.39, 0.29) is 41.2 Å². The van der Waals surface area contributed by atoms with E-state index in [1.54, 1.807) is 12.1 Å². The van der Waals surface area contributed by atoms with Gasteiger partial charge in [-0.15, -0.1) is 0 Å². The van der Waals surface area contributed by atoms with E-state index in [4.69, 9.17) is 16.0 Å². The Labute approximate surface area is 181 Å². The van der Waals surface area contributed by atoms with Crippen LogP contribution in [0.25, 0.3) is 11.3 Å². The Morgan fingerprint density at radius 3 is 2.42 bits per heavy atom. The predicted molar refractivity (Wildman–Crippen MR) is 110 cm³/mol. The van der Waals surface area contributed by atoms with Gasteiger partial charge in [0.25, 0.3) is 17.5 Å². The Morgan fingerprint density at radius 1 is 1.10 bits per heavy atom. The van der Waals surface area contributed by atoms with Crippen molar-refractivity contribution in [1.29, 1.82) is 0 Å². The minimum atomic E-state index is -0.513. The first-order chi connectivity index (χ1) is 14.9. The fourth-order valence-electron chi connectivity index (χ4n) is 5.55. The number of amides is 2. The average Bonchev–Trinajstić information content (AvgIpc) is 3.40. The zero-order valence-corrected chi connectivity index (χ0v) is 16.8. The van der Waals surface area contributed by atoms with Gasteiger partial charge in [0.2, 0.25) is 0 Å². The number of benzene rings is 1. The van der Waals surface area contributed by atoms with Crippen molar-refractivity contribution in [2.24, 2.45) is 40.6 Å². The maximum absolute atomic E-state index is 12.9. The molecule has 0 unspecified atom stereocenters. The van der Waals surface area contributed by atoms with E-state index >= 15 is 0 Å². The fraction of sp³-hybridized carbons (Fsp3) is 0.318. The second-order valence-electron chi connectivity index (χ2n) is 8.51. The van der Waals surface area contributed by atoms with Crippen molar-refractivity contribution in [2.75, 3.05) is 0 Å². The highest BCUT2D eigenvalue weighted by atomic mass is 35.5. The SMILES string of the molecule is O=C1[C@@H]2[C@H]3C=C[C@@H]([C@@H]4C[C@@H]34)[C@H]2C(=O)N1N=Cc1ccc(-c2cc([N+](=O)[O-])ccc2Cl)o1. The summed E-state index contributed by atoms with van der Waals surface area (Å²) >= 11 is 6.16. The number of non-ortho nitro benzene ring substituents is 1. The van der Waals surface area contributed by atoms with Gasteiger partial charge in [-0.3, -0.25) is 19.7 Å². The van der Waals surface area contributed by atoms with Gasteiger partial charge in [-0.2, -0.15) is 10.1 Å². The lowest BCUT2D eigenvalue weighted by molar-refractivity contribution is -0.384. The molecule has 3 fully saturated rings. The van der Waals surface area contributed by atoms with Crippen LogP contribution in [0.2, 0.25) is 5.02 Å². The van der Waals surface area contributed by atoms with Crippen LogP contribution in [-0.2, 0) is 9.59 Å². The number of carbonyl (C=O) groups is 2. The van der Waals surface area contributed by atoms with Crippen LogP contribution < -0.4 is 0 Å². The summed E-state index contributed by atoms with van der Waals surface area (Å²) < 4.78 is 5.69. The normalized spacial score (nSPS) is 32.6. The van der Waals surface area contributed by atoms with E-state index < -0.39 is 4.92 Å². The van der Waals surface area contributed by atoms with Gasteiger partial charge in [0.1, 0.15) is 11.5 Å². The van der Waals surface area contributed by atoms with Crippen molar-refractivity contribution in [3.05, 3.63) is 63.4 Å². The number of imide groups is 1. The first-order valence-electron chi connectivity index (χ1n) is 10.1. The molecule has 6 atom stereocenters. The molecular formula is C22H16ClN3O5. The second-order valence-corrected chi connectivity index (χ2v) is 8.92. The standard InChI is InChI=1S/C22H16ClN3O5/c23-17-5-1-10(26(29)30)7-16(17)18-6-2-11(31-18)9-24-25-21(27)19-12-3-4-13(15-8-14(12)15)20(19)22(25)28/h1-7,9,12-15,19-20H,8H2/t12-,13-,14-,15-,19+,20+/m0/s1. The summed E-state index contributed by atoms with van der Waals surface area (Å²) in [6.07, 6.45) is 6.65. The second kappa shape index (κ2) is 6.37. The first kappa shape index (κ1) is 18.5. The van der Waals surface area contributed by atoms with Gasteiger partial charge in [0, 0.05) is 17.7 Å². The molecule has 1 aromatic carbocycles. The molecule has 0 spiro atoms. The minimum absolute atomic E-state index is 0.108. The van der Waals surface area contributed by atoms with Crippen LogP contribution in [0.4, 0.5) is 5.69 Å². The third kappa shape index (κ3) is 2.64. The van der Waals surface area contributed by atoms with E-state index in [0.29, 0.717) is 33.9 Å². The number of nitro groups is 1. The van der Waals surface area contributed by atoms with Gasteiger partial charge in [0.15, 0.2) is 0 Å². The van der Waals surface area contributed by atoms with E-state index in [0.717, 1.165) is 11.4 Å². The third-order valence-electron chi connectivity index (χ3n) is 6.99. The van der Waals surface area contributed by atoms with Crippen molar-refractivity contribution in [3.8, 4) is 11.3 Å². The molecule has 31 heavy (non-hydrogen) atoms. The quantitative estimate of drug-likeness (QED) is 0.237. The molecule has 1 aliphatic heterocycles. The largest absolute Gasteiger partial charge is 0.455 e. The number of nitrogens with zero attached hydrogens (tertiary/aromatic N) is 3. The van der Waals surface area contributed by atoms with Crippen molar-refractivity contribution >= 4 is 35.3 Å². The zero-order valence-electron chi connectivity index (χ0n) is 16.1. The molecule has 7 rings (SSSR count). The molecule has 2 amide bonds. The lowest BCUT2D eigenvalue weighted by atomic mass is 9.63. The Morgan fingerprint density at radius 2 is 1.77 bits per heavy atom. The predicted octanol–water partition coefficient (Wildman–Crippen LogP) is 3.90. The maximum Gasteiger partial charge on any atom is 0.270 e. The molecule has 2 heterocycles. The monoisotopic (exact) mass is 437 g/mol. The fourth-order valence-corrected chi connectivity index (χ4v) is 5.76. The topological polar surface area (TPSA) is 106 Å². The summed E-state index contributed by atoms with van der Waals surface area (Å²) in [5.74, 6) is 0.869. The van der Waals surface area contributed by atoms with E-state index in [2.05, 4.69) is 17.3 Å². The molecule has 2 aromatic rings. The number of hydrazone groups is 1. The van der Waals surface area contributed by atoms with Gasteiger partial charge in [-0.05, 0) is 48.3 Å². The molecule has 0 radical (unpaired) electrons. The Balaban J connectivity index is 1.25.